The van der Waals surface area contributed by atoms with Gasteiger partial charge in [0.05, 0.1) is 32.5 Å². The van der Waals surface area contributed by atoms with Crippen molar-refractivity contribution in [1.29, 1.82) is 0 Å². The minimum absolute atomic E-state index is 0.159. The molecule has 3 aliphatic carbocycles. The highest BCUT2D eigenvalue weighted by atomic mass is 33.1. The van der Waals surface area contributed by atoms with Crippen molar-refractivity contribution in [3.63, 3.8) is 0 Å². The van der Waals surface area contributed by atoms with Crippen LogP contribution in [0.1, 0.15) is 131 Å². The van der Waals surface area contributed by atoms with Gasteiger partial charge in [-0.15, -0.1) is 0 Å². The second-order valence-corrected chi connectivity index (χ2v) is 24.1. The molecule has 0 aromatic heterocycles. The van der Waals surface area contributed by atoms with E-state index in [2.05, 4.69) is 73.0 Å². The van der Waals surface area contributed by atoms with Gasteiger partial charge in [0.1, 0.15) is 12.4 Å². The molecular weight excluding hydrogens is 1000 g/mol. The van der Waals surface area contributed by atoms with Crippen LogP contribution in [-0.4, -0.2) is 136 Å². The topological polar surface area (TPSA) is 66.2 Å². The van der Waals surface area contributed by atoms with Crippen molar-refractivity contribution in [3.8, 4) is 5.75 Å². The van der Waals surface area contributed by atoms with Crippen molar-refractivity contribution in [3.05, 3.63) is 40.7 Å². The van der Waals surface area contributed by atoms with Crippen molar-refractivity contribution in [1.82, 2.24) is 9.57 Å². The highest BCUT2D eigenvalue weighted by Gasteiger charge is 2.85. The lowest BCUT2D eigenvalue weighted by molar-refractivity contribution is -0.457. The van der Waals surface area contributed by atoms with E-state index in [1.807, 2.05) is 27.7 Å². The van der Waals surface area contributed by atoms with Gasteiger partial charge in [0.15, 0.2) is 0 Å². The average Bonchev–Trinajstić information content (AvgIpc) is 3.64. The van der Waals surface area contributed by atoms with Gasteiger partial charge < -0.3 is 37.7 Å². The van der Waals surface area contributed by atoms with Crippen LogP contribution in [0.4, 0.5) is 39.5 Å². The number of hydrogen-bond donors (Lipinski definition) is 0. The fourth-order valence-corrected chi connectivity index (χ4v) is 14.3. The number of benzene rings is 1. The number of unbranched alkanes of at least 4 members (excludes halogenated alkanes) is 1. The molecule has 0 saturated heterocycles. The molecule has 1 aromatic carbocycles. The van der Waals surface area contributed by atoms with Crippen LogP contribution in [-0.2, 0) is 29.7 Å². The van der Waals surface area contributed by atoms with E-state index >= 15 is 0 Å². The molecule has 2 saturated carbocycles. The molecule has 1 aromatic rings. The summed E-state index contributed by atoms with van der Waals surface area (Å²) in [4.78, 5) is 5.79. The van der Waals surface area contributed by atoms with Gasteiger partial charge in [0.2, 0.25) is 6.54 Å². The van der Waals surface area contributed by atoms with Gasteiger partial charge in [-0.25, -0.2) is 11.2 Å². The molecule has 0 N–H and O–H groups in total. The number of hydrogen-bond acceptors (Lipinski definition) is 10. The van der Waals surface area contributed by atoms with Gasteiger partial charge in [0.25, 0.3) is 8.53 Å². The molecule has 71 heavy (non-hydrogen) atoms. The molecule has 0 radical (unpaired) electrons. The summed E-state index contributed by atoms with van der Waals surface area (Å²) >= 11 is 0. The molecular formula is C50H79F9N3O6PS2. The third-order valence-electron chi connectivity index (χ3n) is 14.1. The van der Waals surface area contributed by atoms with Gasteiger partial charge in [0, 0.05) is 44.6 Å². The number of rotatable bonds is 33. The van der Waals surface area contributed by atoms with E-state index < -0.39 is 45.7 Å². The molecule has 7 unspecified atom stereocenters. The summed E-state index contributed by atoms with van der Waals surface area (Å²) in [5.74, 6) is 3.99. The van der Waals surface area contributed by atoms with Crippen molar-refractivity contribution in [2.45, 2.75) is 167 Å². The molecule has 4 rings (SSSR count). The van der Waals surface area contributed by atoms with Gasteiger partial charge in [-0.3, -0.25) is 0 Å². The van der Waals surface area contributed by atoms with Crippen molar-refractivity contribution >= 4 is 30.1 Å². The Kier molecular flexibility index (Phi) is 25.0. The summed E-state index contributed by atoms with van der Waals surface area (Å²) in [6.07, 6.45) is -11.1. The Labute approximate surface area is 428 Å². The Morgan fingerprint density at radius 2 is 1.51 bits per heavy atom. The molecule has 3 aliphatic rings. The van der Waals surface area contributed by atoms with Gasteiger partial charge in [-0.05, 0) is 164 Å². The van der Waals surface area contributed by atoms with E-state index in [1.54, 1.807) is 0 Å². The van der Waals surface area contributed by atoms with E-state index in [0.29, 0.717) is 70.7 Å². The first-order valence-corrected chi connectivity index (χ1v) is 28.8. The summed E-state index contributed by atoms with van der Waals surface area (Å²) in [7, 11) is 4.60. The maximum atomic E-state index is 13.2. The van der Waals surface area contributed by atoms with Crippen LogP contribution in [0.25, 0.3) is 4.85 Å². The van der Waals surface area contributed by atoms with E-state index in [4.69, 9.17) is 31.2 Å². The molecule has 2 fully saturated rings. The maximum Gasteiger partial charge on any atom is 0.435 e. The van der Waals surface area contributed by atoms with Crippen LogP contribution in [0.2, 0.25) is 0 Å². The Balaban J connectivity index is 1.03. The van der Waals surface area contributed by atoms with E-state index in [0.717, 1.165) is 94.6 Å². The summed E-state index contributed by atoms with van der Waals surface area (Å²) in [6.45, 7) is 21.3. The molecule has 0 aliphatic heterocycles. The second-order valence-electron chi connectivity index (χ2n) is 19.9. The Morgan fingerprint density at radius 3 is 2.18 bits per heavy atom. The summed E-state index contributed by atoms with van der Waals surface area (Å²) in [5.41, 5.74) is -3.95. The number of ether oxygens (including phenoxy) is 4. The standard InChI is InChI=1S/C50H79F9N3O6PS2/c1-36(2)62(37(3)4)69(67-30-23-60-7)68-35-38(5)14-9-10-24-61(8)25-11-32-70-71-33-31-63-26-12-27-64-40-16-18-41-39(34-40)15-17-43-42(41)21-22-46(6)44(43)19-20-45(46)65-28-13-29-66-47(48(51,52)53,49(54,55)56)50(57,58)59/h16,18,34,36-38,42-45H,9-15,17,19-33,35H2,1-6,8H3/i5D. The predicted molar refractivity (Wildman–Crippen MR) is 266 cm³/mol. The molecule has 0 heterocycles. The number of halogens is 9. The molecule has 0 spiro atoms. The smallest absolute Gasteiger partial charge is 0.435 e. The minimum Gasteiger partial charge on any atom is -0.493 e. The van der Waals surface area contributed by atoms with Crippen molar-refractivity contribution in [2.75, 3.05) is 84.4 Å². The highest BCUT2D eigenvalue weighted by molar-refractivity contribution is 8.76. The quantitative estimate of drug-likeness (QED) is 0.0224. The summed E-state index contributed by atoms with van der Waals surface area (Å²) in [6, 6.07) is 6.82. The predicted octanol–water partition coefficient (Wildman–Crippen LogP) is 14.4. The van der Waals surface area contributed by atoms with Crippen LogP contribution in [0.15, 0.2) is 18.2 Å². The van der Waals surface area contributed by atoms with Gasteiger partial charge in [-0.2, -0.15) is 39.5 Å². The zero-order valence-corrected chi connectivity index (χ0v) is 44.9. The van der Waals surface area contributed by atoms with Gasteiger partial charge >= 0.3 is 24.1 Å². The highest BCUT2D eigenvalue weighted by Crippen LogP contribution is 2.62. The SMILES string of the molecule is [2H]CC(CCCCN(C)CCCSSCCOCCCOc1ccc2c(c1)CCC1C2CCC2(C)C(OCCCOC(C(F)(F)F)(C(F)(F)F)C(F)(F)F)CCC12)COP(OCC[N+]#[C-])N(C(C)C)C(C)C. The van der Waals surface area contributed by atoms with Crippen LogP contribution in [0, 0.1) is 29.7 Å². The zero-order chi connectivity index (χ0) is 53.2. The monoisotopic (exact) mass is 1080 g/mol. The van der Waals surface area contributed by atoms with Gasteiger partial charge in [-0.1, -0.05) is 47.9 Å². The van der Waals surface area contributed by atoms with Crippen molar-refractivity contribution < 1.29 is 68.9 Å². The van der Waals surface area contributed by atoms with E-state index in [-0.39, 0.29) is 36.1 Å². The fourth-order valence-electron chi connectivity index (χ4n) is 10.7. The minimum atomic E-state index is -6.75. The molecule has 7 atom stereocenters. The Bertz CT molecular complexity index is 1730. The third-order valence-corrected chi connectivity index (χ3v) is 18.6. The van der Waals surface area contributed by atoms with E-state index in [9.17, 15) is 39.5 Å². The van der Waals surface area contributed by atoms with Crippen LogP contribution in [0.3, 0.4) is 0 Å². The van der Waals surface area contributed by atoms with Crippen LogP contribution < -0.4 is 4.74 Å². The summed E-state index contributed by atoms with van der Waals surface area (Å²) in [5, 5.41) is 0. The fraction of sp³-hybridized carbons (Fsp3) is 0.860. The summed E-state index contributed by atoms with van der Waals surface area (Å²) < 4.78 is 163. The first kappa shape index (κ1) is 60.6. The number of alkyl halides is 9. The Hall–Kier alpha value is -1.27. The van der Waals surface area contributed by atoms with Crippen LogP contribution in [0.5, 0.6) is 5.75 Å². The zero-order valence-electron chi connectivity index (χ0n) is 43.4. The first-order valence-electron chi connectivity index (χ1n) is 25.9. The molecule has 9 nitrogen and oxygen atoms in total. The lowest BCUT2D eigenvalue weighted by Gasteiger charge is -2.50. The molecule has 21 heteroatoms. The molecule has 0 amide bonds. The molecule has 0 bridgehead atoms. The Morgan fingerprint density at radius 1 is 0.817 bits per heavy atom. The first-order chi connectivity index (χ1) is 34.0. The normalized spacial score (nSPS) is 22.9. The number of nitrogens with zero attached hydrogens (tertiary/aromatic N) is 3. The average molecular weight is 1090 g/mol. The third kappa shape index (κ3) is 17.6. The largest absolute Gasteiger partial charge is 0.493 e. The number of fused-ring (bicyclic) bond motifs is 5. The lowest BCUT2D eigenvalue weighted by atomic mass is 9.55. The van der Waals surface area contributed by atoms with Crippen LogP contribution >= 0.6 is 30.1 Å². The number of aryl methyl sites for hydroxylation is 1. The molecule has 410 valence electrons. The second kappa shape index (κ2) is 29.3. The van der Waals surface area contributed by atoms with E-state index in [1.165, 1.54) is 11.1 Å². The van der Waals surface area contributed by atoms with Crippen molar-refractivity contribution in [2.24, 2.45) is 23.2 Å². The lowest BCUT2D eigenvalue weighted by Crippen LogP contribution is -2.67. The maximum absolute atomic E-state index is 13.2.